The van der Waals surface area contributed by atoms with Gasteiger partial charge in [-0.3, -0.25) is 0 Å². The Labute approximate surface area is 291 Å². The summed E-state index contributed by atoms with van der Waals surface area (Å²) in [5.41, 5.74) is 12.9. The van der Waals surface area contributed by atoms with Crippen LogP contribution in [-0.4, -0.2) is 9.97 Å². The van der Waals surface area contributed by atoms with Crippen LogP contribution in [0.15, 0.2) is 118 Å². The normalized spacial score (nSPS) is 10.5. The number of aryl methyl sites for hydroxylation is 2. The molecule has 0 saturated carbocycles. The van der Waals surface area contributed by atoms with Crippen molar-refractivity contribution < 1.29 is 40.2 Å². The molecule has 0 aliphatic heterocycles. The molecular weight excluding hydrogens is 1000 g/mol. The van der Waals surface area contributed by atoms with Crippen LogP contribution in [0.2, 0.25) is 0 Å². The van der Waals surface area contributed by atoms with Crippen LogP contribution in [0.5, 0.6) is 0 Å². The van der Waals surface area contributed by atoms with Crippen molar-refractivity contribution in [2.75, 3.05) is 0 Å². The predicted molar refractivity (Wildman–Crippen MR) is 172 cm³/mol. The van der Waals surface area contributed by atoms with Crippen molar-refractivity contribution in [3.05, 3.63) is 142 Å². The van der Waals surface area contributed by atoms with Gasteiger partial charge < -0.3 is 9.97 Å². The van der Waals surface area contributed by atoms with Gasteiger partial charge in [0, 0.05) is 52.6 Å². The minimum atomic E-state index is 0. The number of nitrogens with zero attached hydrogens (tertiary/aromatic N) is 2. The molecular formula is C36H24Br2Ir2N2-2. The fourth-order valence-corrected chi connectivity index (χ4v) is 6.23. The van der Waals surface area contributed by atoms with E-state index in [4.69, 9.17) is 0 Å². The number of benzene rings is 4. The standard InChI is InChI=1S/C36H24Br2N2.2Ir/c1-23-18-24(2)20-27(19-23)36-30(28-14-12-25(21-32(28)37)34-10-3-5-16-39-34)8-7-9-31(36)29-15-13-26(22-33(29)38)35-11-4-6-17-40-35;;/h3-11,14-22H,1-2H3;;/q-2;;. The van der Waals surface area contributed by atoms with Gasteiger partial charge in [-0.2, -0.15) is 0 Å². The molecule has 6 heteroatoms. The molecule has 42 heavy (non-hydrogen) atoms. The number of halogens is 2. The van der Waals surface area contributed by atoms with Gasteiger partial charge in [-0.05, 0) is 48.5 Å². The van der Waals surface area contributed by atoms with Gasteiger partial charge in [0.1, 0.15) is 0 Å². The zero-order valence-electron chi connectivity index (χ0n) is 22.7. The molecule has 0 saturated heterocycles. The van der Waals surface area contributed by atoms with Crippen LogP contribution in [-0.2, 0) is 40.2 Å². The first kappa shape index (κ1) is 32.4. The van der Waals surface area contributed by atoms with Gasteiger partial charge in [-0.15, -0.1) is 47.5 Å². The first-order chi connectivity index (χ1) is 19.5. The van der Waals surface area contributed by atoms with Crippen molar-refractivity contribution in [3.8, 4) is 55.9 Å². The Kier molecular flexibility index (Phi) is 11.0. The zero-order chi connectivity index (χ0) is 27.6. The first-order valence-corrected chi connectivity index (χ1v) is 14.5. The third-order valence-corrected chi connectivity index (χ3v) is 8.15. The van der Waals surface area contributed by atoms with Crippen molar-refractivity contribution in [1.82, 2.24) is 9.97 Å². The number of pyridine rings is 2. The van der Waals surface area contributed by atoms with E-state index in [2.05, 4.69) is 128 Å². The molecule has 2 radical (unpaired) electrons. The van der Waals surface area contributed by atoms with Gasteiger partial charge in [-0.1, -0.05) is 135 Å². The van der Waals surface area contributed by atoms with Crippen LogP contribution in [0.25, 0.3) is 55.9 Å². The molecule has 0 unspecified atom stereocenters. The second-order valence-electron chi connectivity index (χ2n) is 9.75. The Morgan fingerprint density at radius 2 is 1.02 bits per heavy atom. The van der Waals surface area contributed by atoms with E-state index < -0.39 is 0 Å². The summed E-state index contributed by atoms with van der Waals surface area (Å²) in [6.45, 7) is 4.30. The fourth-order valence-electron chi connectivity index (χ4n) is 5.11. The minimum Gasteiger partial charge on any atom is -0.305 e. The summed E-state index contributed by atoms with van der Waals surface area (Å²) < 4.78 is 1.98. The van der Waals surface area contributed by atoms with Crippen LogP contribution in [0.4, 0.5) is 0 Å². The monoisotopic (exact) mass is 1030 g/mol. The van der Waals surface area contributed by atoms with Crippen molar-refractivity contribution >= 4 is 31.9 Å². The van der Waals surface area contributed by atoms with Crippen molar-refractivity contribution in [2.24, 2.45) is 0 Å². The summed E-state index contributed by atoms with van der Waals surface area (Å²) in [4.78, 5) is 9.01. The molecule has 212 valence electrons. The summed E-state index contributed by atoms with van der Waals surface area (Å²) in [5.74, 6) is 0. The third kappa shape index (κ3) is 6.81. The Hall–Kier alpha value is -2.56. The van der Waals surface area contributed by atoms with Crippen LogP contribution in [0.3, 0.4) is 0 Å². The Morgan fingerprint density at radius 1 is 0.548 bits per heavy atom. The number of hydrogen-bond acceptors (Lipinski definition) is 2. The Bertz CT molecular complexity index is 1710. The molecule has 0 amide bonds. The third-order valence-electron chi connectivity index (χ3n) is 6.84. The summed E-state index contributed by atoms with van der Waals surface area (Å²) in [6, 6.07) is 40.3. The van der Waals surface area contributed by atoms with Crippen LogP contribution < -0.4 is 0 Å². The van der Waals surface area contributed by atoms with E-state index in [1.54, 1.807) is 12.4 Å². The average Bonchev–Trinajstić information content (AvgIpc) is 2.97. The van der Waals surface area contributed by atoms with Crippen molar-refractivity contribution in [3.63, 3.8) is 0 Å². The molecule has 0 N–H and O–H groups in total. The Morgan fingerprint density at radius 3 is 1.43 bits per heavy atom. The quantitative estimate of drug-likeness (QED) is 0.161. The SMILES string of the molecule is Cc1cc(C)cc(-c2c(-c3c[c-]c(-c4ccccn4)cc3Br)cccc2-c2c[c-]c(-c3ccccn3)cc2Br)c1.[Ir].[Ir]. The molecule has 0 fully saturated rings. The molecule has 4 aromatic carbocycles. The van der Waals surface area contributed by atoms with Crippen LogP contribution >= 0.6 is 31.9 Å². The van der Waals surface area contributed by atoms with E-state index in [9.17, 15) is 0 Å². The van der Waals surface area contributed by atoms with E-state index in [0.29, 0.717) is 0 Å². The summed E-state index contributed by atoms with van der Waals surface area (Å²) in [6.07, 6.45) is 3.61. The Balaban J connectivity index is 0.00000202. The zero-order valence-corrected chi connectivity index (χ0v) is 30.7. The maximum Gasteiger partial charge on any atom is 0.0160 e. The van der Waals surface area contributed by atoms with Crippen molar-refractivity contribution in [2.45, 2.75) is 13.8 Å². The van der Waals surface area contributed by atoms with Crippen molar-refractivity contribution in [1.29, 1.82) is 0 Å². The fraction of sp³-hybridized carbons (Fsp3) is 0.0556. The van der Waals surface area contributed by atoms with Gasteiger partial charge >= 0.3 is 0 Å². The largest absolute Gasteiger partial charge is 0.305 e. The van der Waals surface area contributed by atoms with Gasteiger partial charge in [0.2, 0.25) is 0 Å². The predicted octanol–water partition coefficient (Wildman–Crippen LogP) is 10.5. The van der Waals surface area contributed by atoms with E-state index in [1.807, 2.05) is 36.4 Å². The maximum absolute atomic E-state index is 4.50. The van der Waals surface area contributed by atoms with Gasteiger partial charge in [0.05, 0.1) is 0 Å². The average molecular weight is 1030 g/mol. The summed E-state index contributed by atoms with van der Waals surface area (Å²) in [7, 11) is 0. The molecule has 0 aliphatic rings. The molecule has 2 nitrogen and oxygen atoms in total. The summed E-state index contributed by atoms with van der Waals surface area (Å²) >= 11 is 7.75. The van der Waals surface area contributed by atoms with Gasteiger partial charge in [-0.25, -0.2) is 0 Å². The smallest absolute Gasteiger partial charge is 0.0160 e. The second kappa shape index (κ2) is 14.3. The minimum absolute atomic E-state index is 0. The molecule has 0 bridgehead atoms. The van der Waals surface area contributed by atoms with E-state index in [-0.39, 0.29) is 40.2 Å². The second-order valence-corrected chi connectivity index (χ2v) is 11.5. The molecule has 2 heterocycles. The topological polar surface area (TPSA) is 25.8 Å². The van der Waals surface area contributed by atoms with Gasteiger partial charge in [0.15, 0.2) is 0 Å². The maximum atomic E-state index is 4.50. The molecule has 2 aromatic heterocycles. The molecule has 0 aliphatic carbocycles. The van der Waals surface area contributed by atoms with Crippen LogP contribution in [0, 0.1) is 26.0 Å². The van der Waals surface area contributed by atoms with Gasteiger partial charge in [0.25, 0.3) is 0 Å². The molecule has 0 atom stereocenters. The number of hydrogen-bond donors (Lipinski definition) is 0. The molecule has 6 aromatic rings. The van der Waals surface area contributed by atoms with E-state index >= 15 is 0 Å². The van der Waals surface area contributed by atoms with E-state index in [1.165, 1.54) is 16.7 Å². The summed E-state index contributed by atoms with van der Waals surface area (Å²) in [5, 5.41) is 0. The van der Waals surface area contributed by atoms with E-state index in [0.717, 1.165) is 59.3 Å². The first-order valence-electron chi connectivity index (χ1n) is 13.0. The molecule has 0 spiro atoms. The number of rotatable bonds is 5. The van der Waals surface area contributed by atoms with Crippen LogP contribution in [0.1, 0.15) is 11.1 Å². The number of aromatic nitrogens is 2. The molecule has 6 rings (SSSR count).